The average Bonchev–Trinajstić information content (AvgIpc) is 3.70. The van der Waals surface area contributed by atoms with Crippen molar-refractivity contribution in [2.45, 2.75) is 72.1 Å². The molecule has 2 unspecified atom stereocenters. The summed E-state index contributed by atoms with van der Waals surface area (Å²) >= 11 is 0. The number of likely N-dealkylation sites (tertiary alicyclic amines) is 1. The number of hydrogen-bond donors (Lipinski definition) is 4. The van der Waals surface area contributed by atoms with Crippen LogP contribution in [-0.2, 0) is 41.7 Å². The second kappa shape index (κ2) is 20.7. The van der Waals surface area contributed by atoms with E-state index in [0.29, 0.717) is 56.8 Å². The molecule has 1 fully saturated rings. The van der Waals surface area contributed by atoms with Gasteiger partial charge in [-0.15, -0.1) is 0 Å². The van der Waals surface area contributed by atoms with Crippen molar-refractivity contribution in [3.63, 3.8) is 0 Å². The van der Waals surface area contributed by atoms with Gasteiger partial charge in [-0.1, -0.05) is 70.2 Å². The van der Waals surface area contributed by atoms with Gasteiger partial charge in [0.2, 0.25) is 23.6 Å². The van der Waals surface area contributed by atoms with Gasteiger partial charge in [-0.2, -0.15) is 0 Å². The Kier molecular flexibility index (Phi) is 15.8. The number of anilines is 3. The molecule has 1 aliphatic rings. The number of benzene rings is 3. The smallest absolute Gasteiger partial charge is 0.407 e. The SMILES string of the molecule is CCCN(CC(=O)Nc1ccc(CN(Cc2ccc(NC(=O)C3CCCN3C(=O)CNC(=O)OC)cc2)c2ccccc2)cc1)C(=O)C(NC(=O)OC)C(C)(C)C. The highest BCUT2D eigenvalue weighted by atomic mass is 16.5. The first-order valence-electron chi connectivity index (χ1n) is 19.1. The highest BCUT2D eigenvalue weighted by Gasteiger charge is 2.37. The van der Waals surface area contributed by atoms with Crippen LogP contribution in [0.5, 0.6) is 0 Å². The molecule has 1 saturated heterocycles. The number of methoxy groups -OCH3 is 2. The number of ether oxygens (including phenoxy) is 2. The molecule has 4 rings (SSSR count). The molecule has 0 saturated carbocycles. The Bertz CT molecular complexity index is 1830. The number of para-hydroxylation sites is 1. The Balaban J connectivity index is 1.37. The highest BCUT2D eigenvalue weighted by Crippen LogP contribution is 2.24. The van der Waals surface area contributed by atoms with E-state index in [0.717, 1.165) is 16.8 Å². The van der Waals surface area contributed by atoms with E-state index in [9.17, 15) is 28.8 Å². The molecule has 3 aromatic rings. The minimum Gasteiger partial charge on any atom is -0.453 e. The number of alkyl carbamates (subject to hydrolysis) is 2. The molecule has 0 bridgehead atoms. The molecular formula is C42H55N7O8. The van der Waals surface area contributed by atoms with E-state index in [1.54, 1.807) is 0 Å². The van der Waals surface area contributed by atoms with Crippen LogP contribution in [0.25, 0.3) is 0 Å². The van der Waals surface area contributed by atoms with Crippen LogP contribution in [-0.4, -0.2) is 98.1 Å². The molecule has 306 valence electrons. The van der Waals surface area contributed by atoms with Gasteiger partial charge in [0.15, 0.2) is 0 Å². The van der Waals surface area contributed by atoms with Crippen LogP contribution in [0, 0.1) is 5.41 Å². The molecule has 3 aromatic carbocycles. The molecule has 1 heterocycles. The Labute approximate surface area is 334 Å². The monoisotopic (exact) mass is 785 g/mol. The second-order valence-corrected chi connectivity index (χ2v) is 14.9. The Morgan fingerprint density at radius 2 is 1.39 bits per heavy atom. The summed E-state index contributed by atoms with van der Waals surface area (Å²) in [6.07, 6.45) is 0.418. The van der Waals surface area contributed by atoms with Crippen LogP contribution in [0.3, 0.4) is 0 Å². The zero-order chi connectivity index (χ0) is 41.5. The molecule has 0 spiro atoms. The summed E-state index contributed by atoms with van der Waals surface area (Å²) < 4.78 is 9.26. The maximum absolute atomic E-state index is 13.5. The average molecular weight is 786 g/mol. The van der Waals surface area contributed by atoms with E-state index in [4.69, 9.17) is 4.74 Å². The van der Waals surface area contributed by atoms with Crippen molar-refractivity contribution in [3.05, 3.63) is 90.0 Å². The molecule has 4 N–H and O–H groups in total. The highest BCUT2D eigenvalue weighted by molar-refractivity contribution is 5.98. The normalized spacial score (nSPS) is 14.1. The standard InChI is InChI=1S/C42H55N7O8/c1-7-23-47(39(53)37(42(2,3)4)46-41(55)57-6)28-35(50)44-31-19-15-29(16-20-31)26-48(33-12-9-8-10-13-33)27-30-17-21-32(22-18-30)45-38(52)34-14-11-24-49(34)36(51)25-43-40(54)56-5/h8-10,12-13,15-22,34,37H,7,11,14,23-28H2,1-6H3,(H,43,54)(H,44,50)(H,45,52)(H,46,55). The van der Waals surface area contributed by atoms with Crippen molar-refractivity contribution in [2.75, 3.05) is 55.9 Å². The van der Waals surface area contributed by atoms with E-state index >= 15 is 0 Å². The van der Waals surface area contributed by atoms with Gasteiger partial charge in [-0.3, -0.25) is 19.2 Å². The number of hydrogen-bond acceptors (Lipinski definition) is 9. The van der Waals surface area contributed by atoms with Crippen molar-refractivity contribution < 1.29 is 38.2 Å². The number of amides is 6. The van der Waals surface area contributed by atoms with Gasteiger partial charge in [0.1, 0.15) is 18.6 Å². The summed E-state index contributed by atoms with van der Waals surface area (Å²) in [6, 6.07) is 23.6. The van der Waals surface area contributed by atoms with Crippen LogP contribution in [0.1, 0.15) is 58.1 Å². The van der Waals surface area contributed by atoms with Gasteiger partial charge in [-0.25, -0.2) is 9.59 Å². The van der Waals surface area contributed by atoms with E-state index < -0.39 is 29.7 Å². The van der Waals surface area contributed by atoms with Gasteiger partial charge in [-0.05, 0) is 72.2 Å². The van der Waals surface area contributed by atoms with E-state index in [1.807, 2.05) is 107 Å². The molecule has 1 aliphatic heterocycles. The lowest BCUT2D eigenvalue weighted by molar-refractivity contribution is -0.138. The Morgan fingerprint density at radius 1 is 0.807 bits per heavy atom. The number of carbonyl (C=O) groups excluding carboxylic acids is 6. The quantitative estimate of drug-likeness (QED) is 0.153. The molecule has 6 amide bonds. The molecule has 57 heavy (non-hydrogen) atoms. The number of nitrogens with zero attached hydrogens (tertiary/aromatic N) is 3. The van der Waals surface area contributed by atoms with E-state index in [1.165, 1.54) is 24.0 Å². The van der Waals surface area contributed by atoms with Crippen molar-refractivity contribution in [3.8, 4) is 0 Å². The summed E-state index contributed by atoms with van der Waals surface area (Å²) in [6.45, 7) is 8.90. The number of rotatable bonds is 16. The fourth-order valence-corrected chi connectivity index (χ4v) is 6.51. The first-order valence-corrected chi connectivity index (χ1v) is 19.1. The topological polar surface area (TPSA) is 179 Å². The lowest BCUT2D eigenvalue weighted by atomic mass is 9.85. The summed E-state index contributed by atoms with van der Waals surface area (Å²) in [7, 11) is 2.45. The Hall–Kier alpha value is -6.12. The molecule has 15 heteroatoms. The van der Waals surface area contributed by atoms with Crippen LogP contribution < -0.4 is 26.2 Å². The van der Waals surface area contributed by atoms with Crippen LogP contribution in [0.15, 0.2) is 78.9 Å². The third-order valence-corrected chi connectivity index (χ3v) is 9.47. The minimum atomic E-state index is -0.883. The lowest BCUT2D eigenvalue weighted by Crippen LogP contribution is -2.56. The van der Waals surface area contributed by atoms with Crippen molar-refractivity contribution in [1.82, 2.24) is 20.4 Å². The van der Waals surface area contributed by atoms with Crippen LogP contribution in [0.2, 0.25) is 0 Å². The summed E-state index contributed by atoms with van der Waals surface area (Å²) in [4.78, 5) is 81.1. The zero-order valence-corrected chi connectivity index (χ0v) is 33.6. The van der Waals surface area contributed by atoms with Crippen LogP contribution >= 0.6 is 0 Å². The number of carbonyl (C=O) groups is 6. The van der Waals surface area contributed by atoms with Gasteiger partial charge in [0.25, 0.3) is 0 Å². The predicted molar refractivity (Wildman–Crippen MR) is 217 cm³/mol. The van der Waals surface area contributed by atoms with Crippen LogP contribution in [0.4, 0.5) is 26.7 Å². The fraction of sp³-hybridized carbons (Fsp3) is 0.429. The maximum Gasteiger partial charge on any atom is 0.407 e. The van der Waals surface area contributed by atoms with Crippen molar-refractivity contribution in [1.29, 1.82) is 0 Å². The van der Waals surface area contributed by atoms with E-state index in [2.05, 4.69) is 30.9 Å². The third kappa shape index (κ3) is 13.0. The zero-order valence-electron chi connectivity index (χ0n) is 33.6. The van der Waals surface area contributed by atoms with E-state index in [-0.39, 0.29) is 36.7 Å². The first-order chi connectivity index (χ1) is 27.2. The first kappa shape index (κ1) is 43.6. The third-order valence-electron chi connectivity index (χ3n) is 9.47. The molecule has 2 atom stereocenters. The number of nitrogens with one attached hydrogen (secondary N) is 4. The van der Waals surface area contributed by atoms with Crippen molar-refractivity contribution >= 4 is 52.9 Å². The van der Waals surface area contributed by atoms with Gasteiger partial charge >= 0.3 is 12.2 Å². The summed E-state index contributed by atoms with van der Waals surface area (Å²) in [5.41, 5.74) is 3.59. The molecule has 0 radical (unpaired) electrons. The fourth-order valence-electron chi connectivity index (χ4n) is 6.51. The second-order valence-electron chi connectivity index (χ2n) is 14.9. The lowest BCUT2D eigenvalue weighted by Gasteiger charge is -2.34. The minimum absolute atomic E-state index is 0.178. The largest absolute Gasteiger partial charge is 0.453 e. The molecule has 0 aliphatic carbocycles. The predicted octanol–water partition coefficient (Wildman–Crippen LogP) is 5.13. The van der Waals surface area contributed by atoms with Gasteiger partial charge in [0.05, 0.1) is 20.8 Å². The summed E-state index contributed by atoms with van der Waals surface area (Å²) in [5, 5.41) is 10.8. The van der Waals surface area contributed by atoms with Gasteiger partial charge in [0, 0.05) is 43.2 Å². The summed E-state index contributed by atoms with van der Waals surface area (Å²) in [5.74, 6) is -1.36. The Morgan fingerprint density at radius 3 is 1.93 bits per heavy atom. The van der Waals surface area contributed by atoms with Crippen molar-refractivity contribution in [2.24, 2.45) is 5.41 Å². The van der Waals surface area contributed by atoms with Gasteiger partial charge < -0.3 is 45.4 Å². The molecule has 15 nitrogen and oxygen atoms in total. The molecule has 0 aromatic heterocycles. The maximum atomic E-state index is 13.5. The molecular weight excluding hydrogens is 731 g/mol.